The highest BCUT2D eigenvalue weighted by Crippen LogP contribution is 1.98. The minimum atomic E-state index is -0.709. The highest BCUT2D eigenvalue weighted by Gasteiger charge is 1.92. The summed E-state index contributed by atoms with van der Waals surface area (Å²) in [7, 11) is 0. The Kier molecular flexibility index (Phi) is 7.57. The van der Waals surface area contributed by atoms with Gasteiger partial charge in [0, 0.05) is 11.8 Å². The molecule has 0 bridgehead atoms. The molecule has 0 atom stereocenters. The van der Waals surface area contributed by atoms with Gasteiger partial charge < -0.3 is 5.11 Å². The summed E-state index contributed by atoms with van der Waals surface area (Å²) in [5, 5.41) is 9.26. The minimum Gasteiger partial charge on any atom is -0.481 e. The van der Waals surface area contributed by atoms with Gasteiger partial charge in [-0.05, 0) is 19.3 Å². The zero-order chi connectivity index (χ0) is 8.53. The zero-order valence-electron chi connectivity index (χ0n) is 6.42. The second kappa shape index (κ2) is 7.79. The number of carboxylic acid groups (broad SMARTS) is 1. The number of carbonyl (C=O) groups is 1. The first-order valence-electron chi connectivity index (χ1n) is 3.70. The van der Waals surface area contributed by atoms with Crippen molar-refractivity contribution in [2.45, 2.75) is 25.7 Å². The summed E-state index contributed by atoms with van der Waals surface area (Å²) in [6.45, 7) is 0. The fourth-order valence-electron chi connectivity index (χ4n) is 0.670. The lowest BCUT2D eigenvalue weighted by molar-refractivity contribution is -0.137. The van der Waals surface area contributed by atoms with Crippen LogP contribution in [-0.4, -0.2) is 16.4 Å². The Morgan fingerprint density at radius 3 is 2.55 bits per heavy atom. The molecule has 0 spiro atoms. The summed E-state index contributed by atoms with van der Waals surface area (Å²) in [6, 6.07) is 0. The van der Waals surface area contributed by atoms with Gasteiger partial charge in [0.2, 0.25) is 0 Å². The third-order valence-electron chi connectivity index (χ3n) is 1.20. The van der Waals surface area contributed by atoms with Gasteiger partial charge in [-0.1, -0.05) is 28.1 Å². The van der Waals surface area contributed by atoms with Gasteiger partial charge in [0.05, 0.1) is 0 Å². The highest BCUT2D eigenvalue weighted by atomic mass is 79.9. The fraction of sp³-hybridized carbons (Fsp3) is 0.625. The largest absolute Gasteiger partial charge is 0.481 e. The molecule has 0 aromatic heterocycles. The van der Waals surface area contributed by atoms with E-state index in [1.54, 1.807) is 0 Å². The van der Waals surface area contributed by atoms with Crippen molar-refractivity contribution in [3.8, 4) is 0 Å². The molecule has 0 saturated carbocycles. The number of carboxylic acids is 1. The fourth-order valence-corrected chi connectivity index (χ4v) is 0.934. The molecule has 0 rings (SSSR count). The van der Waals surface area contributed by atoms with Crippen molar-refractivity contribution in [3.05, 3.63) is 12.2 Å². The van der Waals surface area contributed by atoms with E-state index in [0.717, 1.165) is 24.6 Å². The molecule has 0 unspecified atom stereocenters. The van der Waals surface area contributed by atoms with E-state index in [1.165, 1.54) is 0 Å². The molecule has 0 amide bonds. The van der Waals surface area contributed by atoms with Gasteiger partial charge in [-0.2, -0.15) is 0 Å². The topological polar surface area (TPSA) is 37.3 Å². The second-order valence-electron chi connectivity index (χ2n) is 2.24. The van der Waals surface area contributed by atoms with E-state index in [9.17, 15) is 4.79 Å². The minimum absolute atomic E-state index is 0.276. The summed E-state index contributed by atoms with van der Waals surface area (Å²) in [5.74, 6) is -0.709. The summed E-state index contributed by atoms with van der Waals surface area (Å²) in [4.78, 5) is 10.1. The predicted molar refractivity (Wildman–Crippen MR) is 49.0 cm³/mol. The first-order valence-corrected chi connectivity index (χ1v) is 4.82. The van der Waals surface area contributed by atoms with Crippen LogP contribution in [0.5, 0.6) is 0 Å². The average molecular weight is 221 g/mol. The number of allylic oxidation sites excluding steroid dienone is 2. The first-order chi connectivity index (χ1) is 5.27. The van der Waals surface area contributed by atoms with Crippen LogP contribution in [-0.2, 0) is 4.79 Å². The second-order valence-corrected chi connectivity index (χ2v) is 3.03. The molecule has 0 radical (unpaired) electrons. The molecule has 64 valence electrons. The number of alkyl halides is 1. The maximum absolute atomic E-state index is 10.1. The standard InChI is InChI=1S/C8H13BrO2/c9-7-5-3-1-2-4-6-8(10)11/h1,3H,2,4-7H2,(H,10,11). The van der Waals surface area contributed by atoms with Crippen LogP contribution in [0.1, 0.15) is 25.7 Å². The summed E-state index contributed by atoms with van der Waals surface area (Å²) >= 11 is 3.30. The summed E-state index contributed by atoms with van der Waals surface area (Å²) in [5.41, 5.74) is 0. The van der Waals surface area contributed by atoms with Crippen molar-refractivity contribution in [2.75, 3.05) is 5.33 Å². The summed E-state index contributed by atoms with van der Waals surface area (Å²) in [6.07, 6.45) is 7.01. The van der Waals surface area contributed by atoms with Gasteiger partial charge in [-0.15, -0.1) is 0 Å². The molecule has 0 aliphatic rings. The van der Waals surface area contributed by atoms with Gasteiger partial charge >= 0.3 is 5.97 Å². The Morgan fingerprint density at radius 2 is 2.00 bits per heavy atom. The van der Waals surface area contributed by atoms with Gasteiger partial charge in [0.25, 0.3) is 0 Å². The molecule has 0 heterocycles. The van der Waals surface area contributed by atoms with Crippen LogP contribution in [0.3, 0.4) is 0 Å². The molecular formula is C8H13BrO2. The maximum Gasteiger partial charge on any atom is 0.303 e. The van der Waals surface area contributed by atoms with Gasteiger partial charge in [-0.3, -0.25) is 4.79 Å². The highest BCUT2D eigenvalue weighted by molar-refractivity contribution is 9.09. The quantitative estimate of drug-likeness (QED) is 0.425. The molecule has 0 aliphatic carbocycles. The molecule has 0 aliphatic heterocycles. The van der Waals surface area contributed by atoms with E-state index in [0.29, 0.717) is 0 Å². The van der Waals surface area contributed by atoms with Crippen LogP contribution in [0.25, 0.3) is 0 Å². The normalized spacial score (nSPS) is 10.6. The smallest absolute Gasteiger partial charge is 0.303 e. The Bertz CT molecular complexity index is 132. The van der Waals surface area contributed by atoms with Crippen LogP contribution in [0, 0.1) is 0 Å². The Labute approximate surface area is 75.4 Å². The first kappa shape index (κ1) is 10.7. The Morgan fingerprint density at radius 1 is 1.36 bits per heavy atom. The Hall–Kier alpha value is -0.310. The SMILES string of the molecule is O=C(O)CCCC=CCCBr. The monoisotopic (exact) mass is 220 g/mol. The van der Waals surface area contributed by atoms with Gasteiger partial charge in [-0.25, -0.2) is 0 Å². The number of rotatable bonds is 6. The number of hydrogen-bond donors (Lipinski definition) is 1. The van der Waals surface area contributed by atoms with E-state index in [1.807, 2.05) is 6.08 Å². The zero-order valence-corrected chi connectivity index (χ0v) is 8.01. The number of hydrogen-bond acceptors (Lipinski definition) is 1. The molecule has 1 N–H and O–H groups in total. The molecule has 11 heavy (non-hydrogen) atoms. The number of halogens is 1. The third-order valence-corrected chi connectivity index (χ3v) is 1.66. The average Bonchev–Trinajstić information content (AvgIpc) is 1.96. The lowest BCUT2D eigenvalue weighted by atomic mass is 10.2. The van der Waals surface area contributed by atoms with Crippen LogP contribution in [0.2, 0.25) is 0 Å². The molecule has 0 aromatic carbocycles. The van der Waals surface area contributed by atoms with Crippen LogP contribution in [0.4, 0.5) is 0 Å². The molecule has 0 saturated heterocycles. The lowest BCUT2D eigenvalue weighted by Gasteiger charge is -1.89. The molecule has 0 fully saturated rings. The number of unbranched alkanes of at least 4 members (excludes halogenated alkanes) is 1. The predicted octanol–water partition coefficient (Wildman–Crippen LogP) is 2.58. The van der Waals surface area contributed by atoms with Crippen molar-refractivity contribution in [3.63, 3.8) is 0 Å². The Balaban J connectivity index is 3.07. The molecule has 0 aromatic rings. The molecule has 2 nitrogen and oxygen atoms in total. The van der Waals surface area contributed by atoms with Crippen molar-refractivity contribution in [1.29, 1.82) is 0 Å². The van der Waals surface area contributed by atoms with Gasteiger partial charge in [0.1, 0.15) is 0 Å². The van der Waals surface area contributed by atoms with Crippen molar-refractivity contribution in [2.24, 2.45) is 0 Å². The van der Waals surface area contributed by atoms with E-state index in [4.69, 9.17) is 5.11 Å². The van der Waals surface area contributed by atoms with Crippen molar-refractivity contribution in [1.82, 2.24) is 0 Å². The van der Waals surface area contributed by atoms with E-state index in [-0.39, 0.29) is 6.42 Å². The lowest BCUT2D eigenvalue weighted by Crippen LogP contribution is -1.92. The van der Waals surface area contributed by atoms with Gasteiger partial charge in [0.15, 0.2) is 0 Å². The van der Waals surface area contributed by atoms with Crippen LogP contribution in [0.15, 0.2) is 12.2 Å². The molecule has 3 heteroatoms. The van der Waals surface area contributed by atoms with E-state index < -0.39 is 5.97 Å². The van der Waals surface area contributed by atoms with Crippen molar-refractivity contribution < 1.29 is 9.90 Å². The van der Waals surface area contributed by atoms with E-state index >= 15 is 0 Å². The van der Waals surface area contributed by atoms with Crippen LogP contribution >= 0.6 is 15.9 Å². The van der Waals surface area contributed by atoms with Crippen LogP contribution < -0.4 is 0 Å². The molecular weight excluding hydrogens is 208 g/mol. The van der Waals surface area contributed by atoms with E-state index in [2.05, 4.69) is 22.0 Å². The maximum atomic E-state index is 10.1. The summed E-state index contributed by atoms with van der Waals surface area (Å²) < 4.78 is 0. The number of aliphatic carboxylic acids is 1. The third kappa shape index (κ3) is 9.69. The van der Waals surface area contributed by atoms with Crippen molar-refractivity contribution >= 4 is 21.9 Å².